The van der Waals surface area contributed by atoms with Gasteiger partial charge in [0.05, 0.1) is 11.7 Å². The maximum atomic E-state index is 12.6. The number of aryl methyl sites for hydroxylation is 3. The van der Waals surface area contributed by atoms with Gasteiger partial charge in [0.25, 0.3) is 17.0 Å². The fourth-order valence-electron chi connectivity index (χ4n) is 2.95. The Bertz CT molecular complexity index is 1140. The van der Waals surface area contributed by atoms with E-state index < -0.39 is 11.9 Å². The Morgan fingerprint density at radius 3 is 2.58 bits per heavy atom. The summed E-state index contributed by atoms with van der Waals surface area (Å²) in [5.74, 6) is -0.483. The highest BCUT2D eigenvalue weighted by molar-refractivity contribution is 5.95. The van der Waals surface area contributed by atoms with Crippen molar-refractivity contribution in [2.24, 2.45) is 7.05 Å². The molecule has 3 rings (SSSR count). The molecule has 3 aromatic rings. The minimum absolute atomic E-state index is 0.0974. The normalized spacial score (nSPS) is 12.3. The van der Waals surface area contributed by atoms with E-state index in [0.29, 0.717) is 16.9 Å². The Labute approximate surface area is 149 Å². The number of aromatic amines is 1. The first-order valence-electron chi connectivity index (χ1n) is 8.26. The number of rotatable bonds is 3. The maximum Gasteiger partial charge on any atom is 0.272 e. The summed E-state index contributed by atoms with van der Waals surface area (Å²) in [6.45, 7) is 7.09. The number of fused-ring (bicyclic) bond motifs is 1. The lowest BCUT2D eigenvalue weighted by atomic mass is 10.1. The lowest BCUT2D eigenvalue weighted by molar-refractivity contribution is 0.0936. The van der Waals surface area contributed by atoms with Crippen molar-refractivity contribution in [2.45, 2.75) is 33.7 Å². The van der Waals surface area contributed by atoms with Gasteiger partial charge in [0, 0.05) is 30.6 Å². The van der Waals surface area contributed by atoms with Gasteiger partial charge in [-0.3, -0.25) is 19.5 Å². The smallest absolute Gasteiger partial charge is 0.272 e. The number of hydrogen-bond donors (Lipinski definition) is 2. The number of hydrogen-bond acceptors (Lipinski definition) is 4. The van der Waals surface area contributed by atoms with Gasteiger partial charge in [0.1, 0.15) is 5.56 Å². The molecule has 0 bridgehead atoms. The second kappa shape index (κ2) is 6.29. The van der Waals surface area contributed by atoms with Gasteiger partial charge in [-0.1, -0.05) is 0 Å². The highest BCUT2D eigenvalue weighted by atomic mass is 16.2. The van der Waals surface area contributed by atoms with E-state index in [4.69, 9.17) is 0 Å². The third-order valence-electron chi connectivity index (χ3n) is 4.48. The number of nitrogens with zero attached hydrogens (tertiary/aromatic N) is 3. The van der Waals surface area contributed by atoms with Crippen LogP contribution in [0.15, 0.2) is 27.8 Å². The van der Waals surface area contributed by atoms with E-state index in [9.17, 15) is 14.4 Å². The monoisotopic (exact) mass is 355 g/mol. The van der Waals surface area contributed by atoms with Crippen LogP contribution in [-0.2, 0) is 7.05 Å². The quantitative estimate of drug-likeness (QED) is 0.735. The number of H-pyrrole nitrogens is 1. The fraction of sp³-hybridized carbons (Fsp3) is 0.333. The van der Waals surface area contributed by atoms with Crippen molar-refractivity contribution in [3.05, 3.63) is 67.1 Å². The summed E-state index contributed by atoms with van der Waals surface area (Å²) in [6, 6.07) is 4.38. The van der Waals surface area contributed by atoms with Crippen molar-refractivity contribution in [3.8, 4) is 0 Å². The average molecular weight is 355 g/mol. The highest BCUT2D eigenvalue weighted by Gasteiger charge is 2.20. The molecular formula is C18H21N5O3. The van der Waals surface area contributed by atoms with Crippen LogP contribution < -0.4 is 16.4 Å². The van der Waals surface area contributed by atoms with Crippen molar-refractivity contribution in [2.75, 3.05) is 0 Å². The standard InChI is InChI=1S/C18H21N5O3/c1-9-6-11(3)22(5)18(26)16(9)17(25)19-12(4)13-8-15(24)23-14(20-13)7-10(2)21-23/h6-8,12,21H,1-5H3,(H,19,25). The van der Waals surface area contributed by atoms with Crippen LogP contribution in [-0.4, -0.2) is 25.1 Å². The topological polar surface area (TPSA) is 101 Å². The Morgan fingerprint density at radius 1 is 1.19 bits per heavy atom. The van der Waals surface area contributed by atoms with Gasteiger partial charge in [-0.25, -0.2) is 9.50 Å². The van der Waals surface area contributed by atoms with E-state index in [1.807, 2.05) is 13.8 Å². The summed E-state index contributed by atoms with van der Waals surface area (Å²) in [5.41, 5.74) is 2.60. The van der Waals surface area contributed by atoms with E-state index in [1.54, 1.807) is 33.0 Å². The van der Waals surface area contributed by atoms with Crippen LogP contribution in [0.2, 0.25) is 0 Å². The van der Waals surface area contributed by atoms with E-state index in [2.05, 4.69) is 15.4 Å². The predicted octanol–water partition coefficient (Wildman–Crippen LogP) is 1.14. The molecule has 0 spiro atoms. The van der Waals surface area contributed by atoms with Crippen LogP contribution in [0.4, 0.5) is 0 Å². The summed E-state index contributed by atoms with van der Waals surface area (Å²) >= 11 is 0. The molecule has 0 fully saturated rings. The molecule has 0 saturated carbocycles. The molecule has 0 aliphatic rings. The van der Waals surface area contributed by atoms with E-state index in [1.165, 1.54) is 15.1 Å². The lowest BCUT2D eigenvalue weighted by Crippen LogP contribution is -2.36. The van der Waals surface area contributed by atoms with E-state index >= 15 is 0 Å². The van der Waals surface area contributed by atoms with Gasteiger partial charge >= 0.3 is 0 Å². The molecule has 0 radical (unpaired) electrons. The van der Waals surface area contributed by atoms with Gasteiger partial charge in [-0.2, -0.15) is 0 Å². The number of carbonyl (C=O) groups excluding carboxylic acids is 1. The highest BCUT2D eigenvalue weighted by Crippen LogP contribution is 2.12. The molecule has 0 saturated heterocycles. The molecule has 3 aromatic heterocycles. The first-order valence-corrected chi connectivity index (χ1v) is 8.26. The van der Waals surface area contributed by atoms with Crippen molar-refractivity contribution in [3.63, 3.8) is 0 Å². The zero-order valence-electron chi connectivity index (χ0n) is 15.4. The number of aromatic nitrogens is 4. The largest absolute Gasteiger partial charge is 0.344 e. The summed E-state index contributed by atoms with van der Waals surface area (Å²) in [5, 5.41) is 5.66. The molecule has 26 heavy (non-hydrogen) atoms. The summed E-state index contributed by atoms with van der Waals surface area (Å²) in [7, 11) is 1.63. The molecule has 8 nitrogen and oxygen atoms in total. The van der Waals surface area contributed by atoms with Crippen LogP contribution in [0.25, 0.3) is 5.65 Å². The number of pyridine rings is 1. The van der Waals surface area contributed by atoms with Crippen LogP contribution in [0.5, 0.6) is 0 Å². The predicted molar refractivity (Wildman–Crippen MR) is 97.6 cm³/mol. The molecule has 0 aliphatic heterocycles. The number of nitrogens with one attached hydrogen (secondary N) is 2. The number of carbonyl (C=O) groups is 1. The van der Waals surface area contributed by atoms with E-state index in [-0.39, 0.29) is 16.7 Å². The second-order valence-corrected chi connectivity index (χ2v) is 6.56. The average Bonchev–Trinajstić information content (AvgIpc) is 2.93. The van der Waals surface area contributed by atoms with Crippen LogP contribution in [0.1, 0.15) is 46.0 Å². The molecular weight excluding hydrogens is 334 g/mol. The second-order valence-electron chi connectivity index (χ2n) is 6.56. The zero-order valence-corrected chi connectivity index (χ0v) is 15.4. The Morgan fingerprint density at radius 2 is 1.88 bits per heavy atom. The molecule has 8 heteroatoms. The maximum absolute atomic E-state index is 12.6. The first kappa shape index (κ1) is 17.7. The Kier molecular flexibility index (Phi) is 4.27. The summed E-state index contributed by atoms with van der Waals surface area (Å²) in [4.78, 5) is 41.7. The minimum atomic E-state index is -0.527. The minimum Gasteiger partial charge on any atom is -0.344 e. The first-order chi connectivity index (χ1) is 12.2. The van der Waals surface area contributed by atoms with Gasteiger partial charge in [-0.05, 0) is 39.3 Å². The Balaban J connectivity index is 1.95. The van der Waals surface area contributed by atoms with E-state index in [0.717, 1.165) is 11.4 Å². The molecule has 1 atom stereocenters. The van der Waals surface area contributed by atoms with Gasteiger partial charge in [-0.15, -0.1) is 0 Å². The lowest BCUT2D eigenvalue weighted by Gasteiger charge is -2.15. The summed E-state index contributed by atoms with van der Waals surface area (Å²) < 4.78 is 2.78. The zero-order chi connectivity index (χ0) is 19.2. The SMILES string of the molecule is Cc1cc2nc(C(C)NC(=O)c3c(C)cc(C)n(C)c3=O)cc(=O)n2[nH]1. The molecule has 1 amide bonds. The van der Waals surface area contributed by atoms with Gasteiger partial charge in [0.2, 0.25) is 0 Å². The van der Waals surface area contributed by atoms with Crippen molar-refractivity contribution in [1.82, 2.24) is 24.5 Å². The number of amides is 1. The van der Waals surface area contributed by atoms with Crippen LogP contribution in [0, 0.1) is 20.8 Å². The molecule has 3 heterocycles. The van der Waals surface area contributed by atoms with Crippen LogP contribution >= 0.6 is 0 Å². The molecule has 136 valence electrons. The molecule has 0 aromatic carbocycles. The third kappa shape index (κ3) is 2.94. The van der Waals surface area contributed by atoms with Gasteiger partial charge < -0.3 is 9.88 Å². The molecule has 2 N–H and O–H groups in total. The van der Waals surface area contributed by atoms with Crippen molar-refractivity contribution >= 4 is 11.6 Å². The van der Waals surface area contributed by atoms with Crippen LogP contribution in [0.3, 0.4) is 0 Å². The fourth-order valence-corrected chi connectivity index (χ4v) is 2.95. The van der Waals surface area contributed by atoms with Crippen molar-refractivity contribution < 1.29 is 4.79 Å². The summed E-state index contributed by atoms with van der Waals surface area (Å²) in [6.07, 6.45) is 0. The van der Waals surface area contributed by atoms with Gasteiger partial charge in [0.15, 0.2) is 5.65 Å². The third-order valence-corrected chi connectivity index (χ3v) is 4.48. The van der Waals surface area contributed by atoms with Crippen molar-refractivity contribution in [1.29, 1.82) is 0 Å². The molecule has 1 unspecified atom stereocenters. The Hall–Kier alpha value is -3.16. The molecule has 0 aliphatic carbocycles.